The number of benzene rings is 1. The summed E-state index contributed by atoms with van der Waals surface area (Å²) in [6.07, 6.45) is 6.65. The van der Waals surface area contributed by atoms with E-state index in [1.807, 2.05) is 0 Å². The van der Waals surface area contributed by atoms with Crippen LogP contribution in [-0.2, 0) is 9.59 Å². The van der Waals surface area contributed by atoms with Gasteiger partial charge in [0.15, 0.2) is 0 Å². The number of hydrogen-bond acceptors (Lipinski definition) is 6. The van der Waals surface area contributed by atoms with Crippen molar-refractivity contribution in [2.75, 3.05) is 0 Å². The largest absolute Gasteiger partial charge is 0.455 e. The standard InChI is InChI=1S/C22H16ClN3O5/c23-17-5-1-10(26(29)30)7-16(17)18-6-2-11(31-18)9-24-25-21(27)19-12-3-4-13(15-8-14(12)15)20(19)22(25)28/h1-7,9,12-15,19-20H,8H2/b24-9-/t12-,13-,14-,15+,19-,20+/m0/s1. The number of nitrogens with zero attached hydrogens (tertiary/aromatic N) is 3. The van der Waals surface area contributed by atoms with Crippen molar-refractivity contribution in [2.45, 2.75) is 6.42 Å². The normalized spacial score (nSPS) is 32.6. The Kier molecular flexibility index (Phi) is 3.80. The lowest BCUT2D eigenvalue weighted by Gasteiger charge is -2.37. The quantitative estimate of drug-likeness (QED) is 0.237. The number of halogens is 1. The van der Waals surface area contributed by atoms with Gasteiger partial charge in [0, 0.05) is 17.7 Å². The Morgan fingerprint density at radius 3 is 2.42 bits per heavy atom. The van der Waals surface area contributed by atoms with E-state index in [2.05, 4.69) is 17.3 Å². The number of hydrazone groups is 1. The summed E-state index contributed by atoms with van der Waals surface area (Å²) in [4.78, 5) is 36.4. The highest BCUT2D eigenvalue weighted by molar-refractivity contribution is 6.33. The van der Waals surface area contributed by atoms with E-state index >= 15 is 0 Å². The number of imide groups is 1. The molecule has 1 saturated heterocycles. The number of carbonyl (C=O) groups is 2. The number of non-ortho nitro benzene ring substituents is 1. The molecule has 4 aliphatic carbocycles. The van der Waals surface area contributed by atoms with E-state index in [0.717, 1.165) is 11.4 Å². The average Bonchev–Trinajstić information content (AvgIpc) is 3.40. The molecule has 5 aliphatic rings. The number of amides is 2. The maximum absolute atomic E-state index is 12.9. The molecule has 9 heteroatoms. The van der Waals surface area contributed by atoms with Crippen molar-refractivity contribution in [1.29, 1.82) is 0 Å². The molecule has 0 N–H and O–H groups in total. The van der Waals surface area contributed by atoms with Crippen LogP contribution in [0.5, 0.6) is 0 Å². The highest BCUT2D eigenvalue weighted by atomic mass is 35.5. The van der Waals surface area contributed by atoms with Crippen molar-refractivity contribution in [1.82, 2.24) is 5.01 Å². The van der Waals surface area contributed by atoms with Crippen molar-refractivity contribution >= 4 is 35.3 Å². The maximum atomic E-state index is 12.9. The Balaban J connectivity index is 1.25. The molecule has 0 radical (unpaired) electrons. The Morgan fingerprint density at radius 1 is 1.10 bits per heavy atom. The maximum Gasteiger partial charge on any atom is 0.270 e. The van der Waals surface area contributed by atoms with Gasteiger partial charge in [-0.2, -0.15) is 10.1 Å². The number of nitro groups is 1. The Morgan fingerprint density at radius 2 is 1.77 bits per heavy atom. The lowest BCUT2D eigenvalue weighted by atomic mass is 9.63. The van der Waals surface area contributed by atoms with Gasteiger partial charge in [0.25, 0.3) is 17.5 Å². The second-order valence-electron chi connectivity index (χ2n) is 8.51. The topological polar surface area (TPSA) is 106 Å². The minimum Gasteiger partial charge on any atom is -0.455 e. The van der Waals surface area contributed by atoms with Crippen molar-refractivity contribution in [3.63, 3.8) is 0 Å². The second-order valence-corrected chi connectivity index (χ2v) is 8.92. The van der Waals surface area contributed by atoms with Crippen LogP contribution >= 0.6 is 11.6 Å². The highest BCUT2D eigenvalue weighted by Gasteiger charge is 2.67. The zero-order chi connectivity index (χ0) is 21.4. The van der Waals surface area contributed by atoms with Crippen molar-refractivity contribution in [3.8, 4) is 11.3 Å². The Hall–Kier alpha value is -3.26. The molecule has 1 aromatic heterocycles. The third-order valence-corrected chi connectivity index (χ3v) is 7.32. The molecule has 0 spiro atoms. The van der Waals surface area contributed by atoms with E-state index in [1.165, 1.54) is 24.4 Å². The van der Waals surface area contributed by atoms with Crippen LogP contribution in [0.15, 0.2) is 52.0 Å². The fourth-order valence-electron chi connectivity index (χ4n) is 5.55. The summed E-state index contributed by atoms with van der Waals surface area (Å²) in [5.41, 5.74) is 0.264. The van der Waals surface area contributed by atoms with Gasteiger partial charge in [-0.1, -0.05) is 23.8 Å². The highest BCUT2D eigenvalue weighted by Crippen LogP contribution is 2.65. The van der Waals surface area contributed by atoms with E-state index in [9.17, 15) is 19.7 Å². The monoisotopic (exact) mass is 437 g/mol. The lowest BCUT2D eigenvalue weighted by Crippen LogP contribution is -2.40. The first kappa shape index (κ1) is 18.5. The third-order valence-electron chi connectivity index (χ3n) is 6.99. The number of hydrogen-bond donors (Lipinski definition) is 0. The van der Waals surface area contributed by atoms with Gasteiger partial charge >= 0.3 is 0 Å². The van der Waals surface area contributed by atoms with Crippen LogP contribution in [0.25, 0.3) is 11.3 Å². The Bertz CT molecular complexity index is 1180. The van der Waals surface area contributed by atoms with Crippen LogP contribution in [0.1, 0.15) is 12.2 Å². The van der Waals surface area contributed by atoms with Crippen LogP contribution in [0.2, 0.25) is 5.02 Å². The van der Waals surface area contributed by atoms with Crippen molar-refractivity contribution in [3.05, 3.63) is 63.4 Å². The summed E-state index contributed by atoms with van der Waals surface area (Å²) in [7, 11) is 0. The SMILES string of the molecule is O=C1[C@@H]2[C@H]3C=C[C@@H]([C@@H]4C[C@H]34)[C@@H]2C(=O)N1/N=C\c1ccc(-c2cc([N+](=O)[O-])ccc2Cl)o1. The molecule has 2 amide bonds. The number of allylic oxidation sites excluding steroid dienone is 2. The molecule has 2 bridgehead atoms. The van der Waals surface area contributed by atoms with Gasteiger partial charge in [0.05, 0.1) is 28.0 Å². The number of furan rings is 1. The van der Waals surface area contributed by atoms with E-state index in [0.29, 0.717) is 33.9 Å². The fraction of sp³-hybridized carbons (Fsp3) is 0.318. The van der Waals surface area contributed by atoms with Crippen molar-refractivity contribution < 1.29 is 18.9 Å². The summed E-state index contributed by atoms with van der Waals surface area (Å²) in [5, 5.41) is 16.5. The van der Waals surface area contributed by atoms with Gasteiger partial charge in [-0.25, -0.2) is 0 Å². The molecule has 156 valence electrons. The molecular weight excluding hydrogens is 422 g/mol. The van der Waals surface area contributed by atoms with Crippen LogP contribution < -0.4 is 0 Å². The first-order valence-electron chi connectivity index (χ1n) is 10.1. The molecule has 31 heavy (non-hydrogen) atoms. The lowest BCUT2D eigenvalue weighted by molar-refractivity contribution is -0.384. The zero-order valence-corrected chi connectivity index (χ0v) is 16.8. The van der Waals surface area contributed by atoms with Crippen LogP contribution in [0.3, 0.4) is 0 Å². The molecule has 6 atom stereocenters. The van der Waals surface area contributed by atoms with Gasteiger partial charge < -0.3 is 4.42 Å². The molecule has 2 heterocycles. The first-order chi connectivity index (χ1) is 14.9. The summed E-state index contributed by atoms with van der Waals surface area (Å²) < 4.78 is 5.69. The third kappa shape index (κ3) is 2.64. The number of carbonyl (C=O) groups excluding carboxylic acids is 2. The van der Waals surface area contributed by atoms with Crippen LogP contribution in [-0.4, -0.2) is 28.0 Å². The molecule has 1 aromatic carbocycles. The van der Waals surface area contributed by atoms with Crippen molar-refractivity contribution in [2.24, 2.45) is 40.6 Å². The van der Waals surface area contributed by atoms with E-state index in [-0.39, 0.29) is 41.2 Å². The van der Waals surface area contributed by atoms with E-state index < -0.39 is 4.92 Å². The molecule has 2 saturated carbocycles. The Labute approximate surface area is 181 Å². The van der Waals surface area contributed by atoms with Gasteiger partial charge in [-0.15, -0.1) is 0 Å². The molecule has 2 aromatic rings. The molecule has 7 rings (SSSR count). The van der Waals surface area contributed by atoms with Gasteiger partial charge in [0.2, 0.25) is 0 Å². The second kappa shape index (κ2) is 6.37. The summed E-state index contributed by atoms with van der Waals surface area (Å²) in [6.45, 7) is 0. The molecule has 3 fully saturated rings. The fourth-order valence-corrected chi connectivity index (χ4v) is 5.76. The molecule has 0 unspecified atom stereocenters. The van der Waals surface area contributed by atoms with Gasteiger partial charge in [0.1, 0.15) is 11.5 Å². The molecular formula is C22H16ClN3O5. The summed E-state index contributed by atoms with van der Waals surface area (Å²) in [6, 6.07) is 7.28. The van der Waals surface area contributed by atoms with E-state index in [1.54, 1.807) is 12.1 Å². The smallest absolute Gasteiger partial charge is 0.270 e. The van der Waals surface area contributed by atoms with E-state index in [4.69, 9.17) is 16.0 Å². The van der Waals surface area contributed by atoms with Gasteiger partial charge in [-0.05, 0) is 48.3 Å². The minimum absolute atomic E-state index is 0.108. The predicted molar refractivity (Wildman–Crippen MR) is 110 cm³/mol. The van der Waals surface area contributed by atoms with Crippen LogP contribution in [0, 0.1) is 45.6 Å². The average molecular weight is 438 g/mol. The molecule has 1 aliphatic heterocycles. The number of nitro benzene ring substituents is 1. The zero-order valence-electron chi connectivity index (χ0n) is 16.1. The predicted octanol–water partition coefficient (Wildman–Crippen LogP) is 3.90. The molecule has 8 nitrogen and oxygen atoms in total. The first-order valence-corrected chi connectivity index (χ1v) is 10.5. The van der Waals surface area contributed by atoms with Gasteiger partial charge in [-0.3, -0.25) is 19.7 Å². The summed E-state index contributed by atoms with van der Waals surface area (Å²) in [5.74, 6) is 0.869. The minimum atomic E-state index is -0.513. The number of rotatable bonds is 4. The summed E-state index contributed by atoms with van der Waals surface area (Å²) >= 11 is 6.16. The van der Waals surface area contributed by atoms with Crippen LogP contribution in [0.4, 0.5) is 5.69 Å².